The maximum absolute atomic E-state index is 12.7. The van der Waals surface area contributed by atoms with Crippen LogP contribution in [0.5, 0.6) is 0 Å². The van der Waals surface area contributed by atoms with Crippen LogP contribution in [0.15, 0.2) is 24.3 Å². The van der Waals surface area contributed by atoms with Gasteiger partial charge in [-0.25, -0.2) is 9.78 Å². The maximum Gasteiger partial charge on any atom is 0.317 e. The van der Waals surface area contributed by atoms with Crippen LogP contribution in [0.4, 0.5) is 4.79 Å². The van der Waals surface area contributed by atoms with Gasteiger partial charge >= 0.3 is 6.03 Å². The number of benzene rings is 1. The smallest absolute Gasteiger partial charge is 0.317 e. The molecule has 0 bridgehead atoms. The summed E-state index contributed by atoms with van der Waals surface area (Å²) in [5.41, 5.74) is 2.07. The lowest BCUT2D eigenvalue weighted by Gasteiger charge is -2.38. The fourth-order valence-corrected chi connectivity index (χ4v) is 4.19. The summed E-state index contributed by atoms with van der Waals surface area (Å²) >= 11 is 0. The molecule has 146 valence electrons. The number of imidazole rings is 1. The van der Waals surface area contributed by atoms with Crippen molar-refractivity contribution in [3.05, 3.63) is 30.1 Å². The largest absolute Gasteiger partial charge is 0.342 e. The first-order chi connectivity index (χ1) is 13.1. The number of aromatic nitrogens is 2. The number of piperazine rings is 1. The second-order valence-electron chi connectivity index (χ2n) is 8.01. The van der Waals surface area contributed by atoms with Gasteiger partial charge in [-0.3, -0.25) is 4.90 Å². The lowest BCUT2D eigenvalue weighted by atomic mass is 9.97. The van der Waals surface area contributed by atoms with Crippen molar-refractivity contribution in [3.8, 4) is 0 Å². The molecule has 3 heterocycles. The van der Waals surface area contributed by atoms with Gasteiger partial charge < -0.3 is 20.1 Å². The second kappa shape index (κ2) is 7.86. The van der Waals surface area contributed by atoms with Crippen molar-refractivity contribution in [2.24, 2.45) is 0 Å². The highest BCUT2D eigenvalue weighted by molar-refractivity contribution is 5.75. The predicted octanol–water partition coefficient (Wildman–Crippen LogP) is 1.70. The average Bonchev–Trinajstić information content (AvgIpc) is 3.13. The van der Waals surface area contributed by atoms with E-state index in [9.17, 15) is 4.79 Å². The zero-order chi connectivity index (χ0) is 18.8. The van der Waals surface area contributed by atoms with E-state index in [-0.39, 0.29) is 11.9 Å². The number of carbonyl (C=O) groups is 1. The number of hydrogen-bond acceptors (Lipinski definition) is 4. The number of urea groups is 1. The molecule has 0 aliphatic carbocycles. The number of piperidine rings is 1. The number of likely N-dealkylation sites (tertiary alicyclic amines) is 1. The maximum atomic E-state index is 12.7. The average molecular weight is 371 g/mol. The molecule has 2 saturated heterocycles. The fraction of sp³-hybridized carbons (Fsp3) is 0.600. The van der Waals surface area contributed by atoms with Gasteiger partial charge in [-0.2, -0.15) is 0 Å². The molecule has 2 amide bonds. The number of aromatic amines is 1. The Morgan fingerprint density at radius 2 is 2.07 bits per heavy atom. The number of rotatable bonds is 3. The second-order valence-corrected chi connectivity index (χ2v) is 8.01. The van der Waals surface area contributed by atoms with Gasteiger partial charge in [-0.15, -0.1) is 0 Å². The molecular weight excluding hydrogens is 340 g/mol. The zero-order valence-electron chi connectivity index (χ0n) is 16.3. The third kappa shape index (κ3) is 4.09. The van der Waals surface area contributed by atoms with Crippen molar-refractivity contribution in [3.63, 3.8) is 0 Å². The molecule has 27 heavy (non-hydrogen) atoms. The van der Waals surface area contributed by atoms with E-state index in [0.717, 1.165) is 62.4 Å². The number of para-hydroxylation sites is 2. The lowest BCUT2D eigenvalue weighted by Crippen LogP contribution is -2.56. The number of amides is 2. The van der Waals surface area contributed by atoms with Gasteiger partial charge in [0.2, 0.25) is 0 Å². The van der Waals surface area contributed by atoms with Crippen molar-refractivity contribution in [2.75, 3.05) is 53.4 Å². The summed E-state index contributed by atoms with van der Waals surface area (Å²) in [6, 6.07) is 8.54. The van der Waals surface area contributed by atoms with E-state index in [0.29, 0.717) is 12.6 Å². The van der Waals surface area contributed by atoms with Crippen LogP contribution < -0.4 is 5.32 Å². The summed E-state index contributed by atoms with van der Waals surface area (Å²) in [5, 5.41) is 3.16. The van der Waals surface area contributed by atoms with E-state index in [1.54, 1.807) is 0 Å². The zero-order valence-corrected chi connectivity index (χ0v) is 16.3. The van der Waals surface area contributed by atoms with Crippen LogP contribution in [-0.2, 0) is 0 Å². The molecule has 2 unspecified atom stereocenters. The Hall–Kier alpha value is -2.12. The quantitative estimate of drug-likeness (QED) is 0.863. The number of fused-ring (bicyclic) bond motifs is 1. The fourth-order valence-electron chi connectivity index (χ4n) is 4.19. The molecule has 2 aliphatic rings. The van der Waals surface area contributed by atoms with Crippen molar-refractivity contribution in [1.29, 1.82) is 0 Å². The lowest BCUT2D eigenvalue weighted by molar-refractivity contribution is 0.111. The minimum atomic E-state index is 0.0532. The highest BCUT2D eigenvalue weighted by Crippen LogP contribution is 2.26. The summed E-state index contributed by atoms with van der Waals surface area (Å²) in [6.07, 6.45) is 2.08. The van der Waals surface area contributed by atoms with Gasteiger partial charge in [0.1, 0.15) is 5.82 Å². The molecule has 7 nitrogen and oxygen atoms in total. The molecule has 1 aromatic heterocycles. The molecule has 2 fully saturated rings. The summed E-state index contributed by atoms with van der Waals surface area (Å²) in [7, 11) is 4.28. The van der Waals surface area contributed by atoms with Crippen LogP contribution in [0.3, 0.4) is 0 Å². The predicted molar refractivity (Wildman–Crippen MR) is 107 cm³/mol. The molecular formula is C20H30N6O. The molecule has 2 N–H and O–H groups in total. The Labute approximate surface area is 160 Å². The summed E-state index contributed by atoms with van der Waals surface area (Å²) in [6.45, 7) is 5.39. The van der Waals surface area contributed by atoms with Crippen LogP contribution in [0.1, 0.15) is 24.6 Å². The molecule has 4 rings (SSSR count). The molecule has 2 aromatic rings. The van der Waals surface area contributed by atoms with E-state index in [4.69, 9.17) is 4.98 Å². The molecule has 0 radical (unpaired) electrons. The first-order valence-corrected chi connectivity index (χ1v) is 9.96. The standard InChI is InChI=1S/C20H30N6O/c1-24-10-11-25(2)16(14-24)12-21-20(27)26-9-5-6-15(13-26)19-22-17-7-3-4-8-18(17)23-19/h3-4,7-8,15-16H,5-6,9-14H2,1-2H3,(H,21,27)(H,22,23). The van der Waals surface area contributed by atoms with Crippen LogP contribution >= 0.6 is 0 Å². The summed E-state index contributed by atoms with van der Waals surface area (Å²) < 4.78 is 0. The third-order valence-electron chi connectivity index (χ3n) is 5.97. The highest BCUT2D eigenvalue weighted by atomic mass is 16.2. The first-order valence-electron chi connectivity index (χ1n) is 9.96. The van der Waals surface area contributed by atoms with Gasteiger partial charge in [-0.1, -0.05) is 12.1 Å². The highest BCUT2D eigenvalue weighted by Gasteiger charge is 2.28. The number of likely N-dealkylation sites (N-methyl/N-ethyl adjacent to an activating group) is 2. The van der Waals surface area contributed by atoms with Crippen molar-refractivity contribution in [2.45, 2.75) is 24.8 Å². The van der Waals surface area contributed by atoms with Crippen molar-refractivity contribution in [1.82, 2.24) is 30.0 Å². The van der Waals surface area contributed by atoms with Crippen LogP contribution in [0.25, 0.3) is 11.0 Å². The van der Waals surface area contributed by atoms with E-state index < -0.39 is 0 Å². The van der Waals surface area contributed by atoms with E-state index in [1.165, 1.54) is 0 Å². The number of nitrogens with one attached hydrogen (secondary N) is 2. The molecule has 2 aliphatic heterocycles. The van der Waals surface area contributed by atoms with Crippen LogP contribution in [0, 0.1) is 0 Å². The van der Waals surface area contributed by atoms with Gasteiger partial charge in [-0.05, 0) is 39.1 Å². The van der Waals surface area contributed by atoms with Crippen molar-refractivity contribution < 1.29 is 4.79 Å². The number of carbonyl (C=O) groups excluding carboxylic acids is 1. The Kier molecular flexibility index (Phi) is 5.31. The van der Waals surface area contributed by atoms with Gasteiger partial charge in [0, 0.05) is 51.2 Å². The minimum Gasteiger partial charge on any atom is -0.342 e. The monoisotopic (exact) mass is 370 g/mol. The Bertz CT molecular complexity index is 757. The molecule has 0 saturated carbocycles. The topological polar surface area (TPSA) is 67.5 Å². The molecule has 2 atom stereocenters. The van der Waals surface area contributed by atoms with Crippen LogP contribution in [-0.4, -0.2) is 90.1 Å². The van der Waals surface area contributed by atoms with Crippen molar-refractivity contribution >= 4 is 17.1 Å². The minimum absolute atomic E-state index is 0.0532. The Morgan fingerprint density at radius 3 is 2.93 bits per heavy atom. The van der Waals surface area contributed by atoms with E-state index in [2.05, 4.69) is 40.3 Å². The van der Waals surface area contributed by atoms with E-state index in [1.807, 2.05) is 23.1 Å². The summed E-state index contributed by atoms with van der Waals surface area (Å²) in [4.78, 5) is 27.5. The van der Waals surface area contributed by atoms with Crippen LogP contribution in [0.2, 0.25) is 0 Å². The Morgan fingerprint density at radius 1 is 1.22 bits per heavy atom. The SMILES string of the molecule is CN1CCN(C)C(CNC(=O)N2CCCC(c3nc4ccccc4[nH]3)C2)C1. The Balaban J connectivity index is 1.35. The summed E-state index contributed by atoms with van der Waals surface area (Å²) in [5.74, 6) is 1.28. The first kappa shape index (κ1) is 18.3. The van der Waals surface area contributed by atoms with E-state index >= 15 is 0 Å². The molecule has 7 heteroatoms. The van der Waals surface area contributed by atoms with Gasteiger partial charge in [0.05, 0.1) is 11.0 Å². The van der Waals surface area contributed by atoms with Gasteiger partial charge in [0.15, 0.2) is 0 Å². The molecule has 0 spiro atoms. The number of nitrogens with zero attached hydrogens (tertiary/aromatic N) is 4. The number of hydrogen-bond donors (Lipinski definition) is 2. The normalized spacial score (nSPS) is 25.0. The van der Waals surface area contributed by atoms with Gasteiger partial charge in [0.25, 0.3) is 0 Å². The molecule has 1 aromatic carbocycles. The third-order valence-corrected chi connectivity index (χ3v) is 5.97. The number of H-pyrrole nitrogens is 1.